The number of methoxy groups -OCH3 is 2. The molecule has 0 N–H and O–H groups in total. The van der Waals surface area contributed by atoms with Gasteiger partial charge in [0.2, 0.25) is 0 Å². The first-order valence-electron chi connectivity index (χ1n) is 9.64. The van der Waals surface area contributed by atoms with Gasteiger partial charge in [-0.05, 0) is 62.6 Å². The van der Waals surface area contributed by atoms with Crippen LogP contribution < -0.4 is 9.47 Å². The Kier molecular flexibility index (Phi) is 4.85. The largest absolute Gasteiger partial charge is 0.493 e. The van der Waals surface area contributed by atoms with Gasteiger partial charge in [-0.15, -0.1) is 0 Å². The van der Waals surface area contributed by atoms with Crippen molar-refractivity contribution in [3.63, 3.8) is 0 Å². The number of hydrogen-bond acceptors (Lipinski definition) is 3. The molecule has 1 fully saturated rings. The van der Waals surface area contributed by atoms with Crippen LogP contribution >= 0.6 is 0 Å². The summed E-state index contributed by atoms with van der Waals surface area (Å²) in [6.07, 6.45) is 14.2. The first-order valence-corrected chi connectivity index (χ1v) is 9.64. The summed E-state index contributed by atoms with van der Waals surface area (Å²) < 4.78 is 11.2. The smallest absolute Gasteiger partial charge is 0.164 e. The van der Waals surface area contributed by atoms with Gasteiger partial charge < -0.3 is 9.47 Å². The lowest BCUT2D eigenvalue weighted by molar-refractivity contribution is 0.122. The number of likely N-dealkylation sites (tertiary alicyclic amines) is 1. The number of allylic oxidation sites excluding steroid dienone is 3. The molecule has 0 aromatic heterocycles. The van der Waals surface area contributed by atoms with Crippen molar-refractivity contribution in [2.45, 2.75) is 50.5 Å². The maximum atomic E-state index is 5.71. The number of piperidine rings is 1. The molecule has 0 spiro atoms. The standard InChI is InChI=1S/C22H29NO2/c1-24-21-13-11-17-18-9-6-14-23(15-16-7-4-3-5-8-16)20(18)12-10-19(17)22(21)25-2/h3-4,7,11,13,18,20H,5-6,8-10,12,14-15H2,1-2H3/t18-,20+/m1/s1. The molecule has 1 aromatic rings. The van der Waals surface area contributed by atoms with Gasteiger partial charge in [-0.1, -0.05) is 29.9 Å². The quantitative estimate of drug-likeness (QED) is 0.807. The first-order chi connectivity index (χ1) is 12.3. The third kappa shape index (κ3) is 3.10. The van der Waals surface area contributed by atoms with E-state index >= 15 is 0 Å². The highest BCUT2D eigenvalue weighted by Gasteiger charge is 2.37. The van der Waals surface area contributed by atoms with E-state index in [9.17, 15) is 0 Å². The highest BCUT2D eigenvalue weighted by molar-refractivity contribution is 5.53. The molecule has 1 aliphatic heterocycles. The molecule has 3 aliphatic rings. The molecule has 1 saturated heterocycles. The van der Waals surface area contributed by atoms with Crippen LogP contribution in [0.1, 0.15) is 49.1 Å². The fourth-order valence-corrected chi connectivity index (χ4v) is 5.02. The molecule has 3 heteroatoms. The van der Waals surface area contributed by atoms with Crippen LogP contribution in [0.4, 0.5) is 0 Å². The summed E-state index contributed by atoms with van der Waals surface area (Å²) in [5.74, 6) is 2.46. The second-order valence-electron chi connectivity index (χ2n) is 7.49. The summed E-state index contributed by atoms with van der Waals surface area (Å²) in [4.78, 5) is 2.75. The van der Waals surface area contributed by atoms with Crippen LogP contribution in [-0.2, 0) is 6.42 Å². The van der Waals surface area contributed by atoms with Gasteiger partial charge in [0.25, 0.3) is 0 Å². The van der Waals surface area contributed by atoms with Gasteiger partial charge in [-0.3, -0.25) is 4.90 Å². The lowest BCUT2D eigenvalue weighted by Crippen LogP contribution is -2.47. The number of benzene rings is 1. The minimum absolute atomic E-state index is 0.636. The van der Waals surface area contributed by atoms with E-state index in [2.05, 4.69) is 35.3 Å². The maximum Gasteiger partial charge on any atom is 0.164 e. The summed E-state index contributed by atoms with van der Waals surface area (Å²) in [5, 5.41) is 0. The van der Waals surface area contributed by atoms with Gasteiger partial charge in [-0.25, -0.2) is 0 Å². The van der Waals surface area contributed by atoms with Crippen LogP contribution in [0.5, 0.6) is 11.5 Å². The molecule has 0 bridgehead atoms. The van der Waals surface area contributed by atoms with Crippen molar-refractivity contribution in [1.82, 2.24) is 4.90 Å². The Morgan fingerprint density at radius 2 is 2.04 bits per heavy atom. The van der Waals surface area contributed by atoms with Crippen LogP contribution in [0.15, 0.2) is 35.9 Å². The second kappa shape index (κ2) is 7.25. The number of nitrogens with zero attached hydrogens (tertiary/aromatic N) is 1. The summed E-state index contributed by atoms with van der Waals surface area (Å²) in [6, 6.07) is 5.05. The molecule has 1 heterocycles. The van der Waals surface area contributed by atoms with Crippen molar-refractivity contribution in [2.75, 3.05) is 27.3 Å². The van der Waals surface area contributed by atoms with Crippen LogP contribution in [0.3, 0.4) is 0 Å². The normalized spacial score (nSPS) is 25.8. The van der Waals surface area contributed by atoms with E-state index in [1.165, 1.54) is 49.8 Å². The van der Waals surface area contributed by atoms with E-state index in [4.69, 9.17) is 9.47 Å². The Morgan fingerprint density at radius 1 is 1.12 bits per heavy atom. The van der Waals surface area contributed by atoms with E-state index in [1.807, 2.05) is 0 Å². The number of ether oxygens (including phenoxy) is 2. The third-order valence-corrected chi connectivity index (χ3v) is 6.17. The molecule has 3 nitrogen and oxygen atoms in total. The number of fused-ring (bicyclic) bond motifs is 3. The summed E-state index contributed by atoms with van der Waals surface area (Å²) in [5.41, 5.74) is 4.47. The SMILES string of the molecule is COc1ccc2c(c1OC)CC[C@H]1[C@@H]2CCCN1CC1=CC=CCC1. The van der Waals surface area contributed by atoms with Crippen molar-refractivity contribution in [1.29, 1.82) is 0 Å². The Hall–Kier alpha value is -1.74. The van der Waals surface area contributed by atoms with E-state index in [-0.39, 0.29) is 0 Å². The average Bonchev–Trinajstić information content (AvgIpc) is 2.67. The van der Waals surface area contributed by atoms with Gasteiger partial charge in [0.1, 0.15) is 0 Å². The zero-order chi connectivity index (χ0) is 17.2. The Balaban J connectivity index is 1.60. The molecule has 0 unspecified atom stereocenters. The molecular formula is C22H29NO2. The highest BCUT2D eigenvalue weighted by Crippen LogP contribution is 2.46. The minimum Gasteiger partial charge on any atom is -0.493 e. The average molecular weight is 339 g/mol. The molecule has 134 valence electrons. The summed E-state index contributed by atoms with van der Waals surface area (Å²) in [7, 11) is 3.49. The molecule has 25 heavy (non-hydrogen) atoms. The predicted molar refractivity (Wildman–Crippen MR) is 102 cm³/mol. The fraction of sp³-hybridized carbons (Fsp3) is 0.545. The van der Waals surface area contributed by atoms with Crippen molar-refractivity contribution >= 4 is 0 Å². The summed E-state index contributed by atoms with van der Waals surface area (Å²) >= 11 is 0. The molecular weight excluding hydrogens is 310 g/mol. The fourth-order valence-electron chi connectivity index (χ4n) is 5.02. The zero-order valence-electron chi connectivity index (χ0n) is 15.5. The van der Waals surface area contributed by atoms with Crippen molar-refractivity contribution < 1.29 is 9.47 Å². The van der Waals surface area contributed by atoms with Crippen LogP contribution in [0.2, 0.25) is 0 Å². The first kappa shape index (κ1) is 16.7. The maximum absolute atomic E-state index is 5.71. The molecule has 0 radical (unpaired) electrons. The number of hydrogen-bond donors (Lipinski definition) is 0. The molecule has 2 atom stereocenters. The van der Waals surface area contributed by atoms with Crippen LogP contribution in [0, 0.1) is 0 Å². The lowest BCUT2D eigenvalue weighted by atomic mass is 9.73. The van der Waals surface area contributed by atoms with Crippen molar-refractivity contribution in [3.8, 4) is 11.5 Å². The minimum atomic E-state index is 0.636. The van der Waals surface area contributed by atoms with Gasteiger partial charge in [-0.2, -0.15) is 0 Å². The Bertz CT molecular complexity index is 692. The van der Waals surface area contributed by atoms with E-state index in [1.54, 1.807) is 19.8 Å². The van der Waals surface area contributed by atoms with Crippen LogP contribution in [0.25, 0.3) is 0 Å². The second-order valence-corrected chi connectivity index (χ2v) is 7.49. The lowest BCUT2D eigenvalue weighted by Gasteiger charge is -2.45. The topological polar surface area (TPSA) is 21.7 Å². The van der Waals surface area contributed by atoms with Crippen molar-refractivity contribution in [2.24, 2.45) is 0 Å². The van der Waals surface area contributed by atoms with Crippen molar-refractivity contribution in [3.05, 3.63) is 47.1 Å². The molecule has 0 amide bonds. The van der Waals surface area contributed by atoms with Gasteiger partial charge >= 0.3 is 0 Å². The van der Waals surface area contributed by atoms with E-state index in [0.29, 0.717) is 12.0 Å². The van der Waals surface area contributed by atoms with E-state index < -0.39 is 0 Å². The molecule has 2 aliphatic carbocycles. The van der Waals surface area contributed by atoms with Gasteiger partial charge in [0, 0.05) is 18.2 Å². The van der Waals surface area contributed by atoms with Gasteiger partial charge in [0.15, 0.2) is 11.5 Å². The summed E-state index contributed by atoms with van der Waals surface area (Å²) in [6.45, 7) is 2.39. The molecule has 1 aromatic carbocycles. The zero-order valence-corrected chi connectivity index (χ0v) is 15.5. The molecule has 0 saturated carbocycles. The van der Waals surface area contributed by atoms with Crippen LogP contribution in [-0.4, -0.2) is 38.3 Å². The van der Waals surface area contributed by atoms with E-state index in [0.717, 1.165) is 24.5 Å². The monoisotopic (exact) mass is 339 g/mol. The van der Waals surface area contributed by atoms with Gasteiger partial charge in [0.05, 0.1) is 14.2 Å². The predicted octanol–water partition coefficient (Wildman–Crippen LogP) is 4.47. The highest BCUT2D eigenvalue weighted by atomic mass is 16.5. The Labute approximate surface area is 151 Å². The number of rotatable bonds is 4. The molecule has 4 rings (SSSR count). The third-order valence-electron chi connectivity index (χ3n) is 6.17. The Morgan fingerprint density at radius 3 is 2.80 bits per heavy atom.